The third kappa shape index (κ3) is 3.70. The van der Waals surface area contributed by atoms with Gasteiger partial charge in [-0.3, -0.25) is 0 Å². The molecule has 0 saturated heterocycles. The van der Waals surface area contributed by atoms with Crippen molar-refractivity contribution in [2.45, 2.75) is 6.42 Å². The molecule has 0 aliphatic carbocycles. The fourth-order valence-electron chi connectivity index (χ4n) is 2.10. The van der Waals surface area contributed by atoms with Crippen LogP contribution in [-0.2, 0) is 6.42 Å². The summed E-state index contributed by atoms with van der Waals surface area (Å²) in [5, 5.41) is 16.2. The molecule has 0 radical (unpaired) electrons. The number of halogens is 2. The zero-order chi connectivity index (χ0) is 16.9. The largest absolute Gasteiger partial charge is 0.382 e. The Labute approximate surface area is 142 Å². The Morgan fingerprint density at radius 1 is 1.21 bits per heavy atom. The Balaban J connectivity index is 1.60. The van der Waals surface area contributed by atoms with Gasteiger partial charge in [0.15, 0.2) is 0 Å². The Kier molecular flexibility index (Phi) is 4.73. The Hall–Kier alpha value is -2.91. The average molecular weight is 343 g/mol. The number of nitriles is 1. The van der Waals surface area contributed by atoms with Gasteiger partial charge in [0.05, 0.1) is 17.3 Å². The molecule has 0 atom stereocenters. The SMILES string of the molecule is N#Cc1ccc(NCCc2nc(-c3ccc(Cl)cc3)no2)c(F)c1. The molecule has 3 aromatic rings. The van der Waals surface area contributed by atoms with Gasteiger partial charge in [0, 0.05) is 23.6 Å². The minimum Gasteiger partial charge on any atom is -0.382 e. The van der Waals surface area contributed by atoms with Gasteiger partial charge >= 0.3 is 0 Å². The highest BCUT2D eigenvalue weighted by molar-refractivity contribution is 6.30. The third-order valence-electron chi connectivity index (χ3n) is 3.32. The van der Waals surface area contributed by atoms with Gasteiger partial charge in [-0.25, -0.2) is 4.39 Å². The molecule has 1 aromatic heterocycles. The molecule has 24 heavy (non-hydrogen) atoms. The Morgan fingerprint density at radius 3 is 2.71 bits per heavy atom. The zero-order valence-corrected chi connectivity index (χ0v) is 13.2. The van der Waals surface area contributed by atoms with Crippen LogP contribution < -0.4 is 5.32 Å². The van der Waals surface area contributed by atoms with Gasteiger partial charge in [-0.15, -0.1) is 0 Å². The van der Waals surface area contributed by atoms with Crippen molar-refractivity contribution >= 4 is 17.3 Å². The molecule has 1 N–H and O–H groups in total. The summed E-state index contributed by atoms with van der Waals surface area (Å²) in [6, 6.07) is 13.3. The fraction of sp³-hybridized carbons (Fsp3) is 0.118. The first-order valence-electron chi connectivity index (χ1n) is 7.18. The van der Waals surface area contributed by atoms with Crippen molar-refractivity contribution in [3.8, 4) is 17.5 Å². The number of hydrogen-bond donors (Lipinski definition) is 1. The molecule has 0 aliphatic rings. The lowest BCUT2D eigenvalue weighted by Gasteiger charge is -2.05. The number of nitrogens with zero attached hydrogens (tertiary/aromatic N) is 3. The van der Waals surface area contributed by atoms with Crippen molar-refractivity contribution in [2.75, 3.05) is 11.9 Å². The van der Waals surface area contributed by atoms with Gasteiger partial charge < -0.3 is 9.84 Å². The molecule has 0 fully saturated rings. The predicted octanol–water partition coefficient (Wildman–Crippen LogP) is 4.06. The first kappa shape index (κ1) is 16.0. The lowest BCUT2D eigenvalue weighted by molar-refractivity contribution is 0.381. The number of nitrogens with one attached hydrogen (secondary N) is 1. The standard InChI is InChI=1S/C17H12ClFN4O/c18-13-4-2-12(3-5-13)17-22-16(24-23-17)7-8-21-15-6-1-11(10-20)9-14(15)19/h1-6,9,21H,7-8H2. The molecule has 0 aliphatic heterocycles. The second-order valence-electron chi connectivity index (χ2n) is 5.00. The molecule has 120 valence electrons. The quantitative estimate of drug-likeness (QED) is 0.757. The molecular formula is C17H12ClFN4O. The van der Waals surface area contributed by atoms with Crippen molar-refractivity contribution in [1.82, 2.24) is 10.1 Å². The molecule has 1 heterocycles. The van der Waals surface area contributed by atoms with Gasteiger partial charge in [-0.1, -0.05) is 16.8 Å². The molecule has 3 rings (SSSR count). The smallest absolute Gasteiger partial charge is 0.228 e. The lowest BCUT2D eigenvalue weighted by Crippen LogP contribution is -2.06. The molecule has 0 amide bonds. The maximum absolute atomic E-state index is 13.7. The van der Waals surface area contributed by atoms with Gasteiger partial charge in [-0.05, 0) is 42.5 Å². The van der Waals surface area contributed by atoms with Crippen LogP contribution in [0.2, 0.25) is 5.02 Å². The second kappa shape index (κ2) is 7.11. The lowest BCUT2D eigenvalue weighted by atomic mass is 10.2. The predicted molar refractivity (Wildman–Crippen MR) is 88.1 cm³/mol. The van der Waals surface area contributed by atoms with Gasteiger partial charge in [-0.2, -0.15) is 10.2 Å². The second-order valence-corrected chi connectivity index (χ2v) is 5.44. The van der Waals surface area contributed by atoms with E-state index in [0.29, 0.717) is 35.4 Å². The number of aromatic nitrogens is 2. The third-order valence-corrected chi connectivity index (χ3v) is 3.57. The highest BCUT2D eigenvalue weighted by Crippen LogP contribution is 2.19. The molecule has 2 aromatic carbocycles. The summed E-state index contributed by atoms with van der Waals surface area (Å²) >= 11 is 5.84. The normalized spacial score (nSPS) is 10.4. The van der Waals surface area contributed by atoms with Crippen LogP contribution in [-0.4, -0.2) is 16.7 Å². The monoisotopic (exact) mass is 342 g/mol. The van der Waals surface area contributed by atoms with E-state index in [0.717, 1.165) is 5.56 Å². The number of anilines is 1. The highest BCUT2D eigenvalue weighted by atomic mass is 35.5. The van der Waals surface area contributed by atoms with Crippen LogP contribution in [0.3, 0.4) is 0 Å². The van der Waals surface area contributed by atoms with Crippen LogP contribution in [0, 0.1) is 17.1 Å². The molecule has 0 saturated carbocycles. The summed E-state index contributed by atoms with van der Waals surface area (Å²) in [6.45, 7) is 0.422. The highest BCUT2D eigenvalue weighted by Gasteiger charge is 2.09. The zero-order valence-electron chi connectivity index (χ0n) is 12.5. The van der Waals surface area contributed by atoms with E-state index in [-0.39, 0.29) is 5.56 Å². The van der Waals surface area contributed by atoms with E-state index in [2.05, 4.69) is 15.5 Å². The van der Waals surface area contributed by atoms with E-state index >= 15 is 0 Å². The summed E-state index contributed by atoms with van der Waals surface area (Å²) in [6.07, 6.45) is 0.444. The van der Waals surface area contributed by atoms with Crippen molar-refractivity contribution in [2.24, 2.45) is 0 Å². The minimum absolute atomic E-state index is 0.280. The number of rotatable bonds is 5. The molecule has 0 bridgehead atoms. The van der Waals surface area contributed by atoms with Crippen molar-refractivity contribution < 1.29 is 8.91 Å². The van der Waals surface area contributed by atoms with E-state index in [4.69, 9.17) is 21.4 Å². The topological polar surface area (TPSA) is 74.7 Å². The van der Waals surface area contributed by atoms with E-state index in [1.165, 1.54) is 12.1 Å². The summed E-state index contributed by atoms with van der Waals surface area (Å²) in [5.74, 6) is 0.453. The van der Waals surface area contributed by atoms with Crippen LogP contribution >= 0.6 is 11.6 Å². The summed E-state index contributed by atoms with van der Waals surface area (Å²) in [4.78, 5) is 4.29. The van der Waals surface area contributed by atoms with E-state index in [1.54, 1.807) is 30.3 Å². The van der Waals surface area contributed by atoms with Crippen molar-refractivity contribution in [3.05, 3.63) is 64.8 Å². The summed E-state index contributed by atoms with van der Waals surface area (Å²) < 4.78 is 18.9. The summed E-state index contributed by atoms with van der Waals surface area (Å²) in [5.41, 5.74) is 1.41. The molecular weight excluding hydrogens is 331 g/mol. The van der Waals surface area contributed by atoms with Crippen LogP contribution in [0.5, 0.6) is 0 Å². The fourth-order valence-corrected chi connectivity index (χ4v) is 2.23. The number of benzene rings is 2. The molecule has 7 heteroatoms. The van der Waals surface area contributed by atoms with Crippen molar-refractivity contribution in [3.63, 3.8) is 0 Å². The van der Waals surface area contributed by atoms with Gasteiger partial charge in [0.1, 0.15) is 5.82 Å². The first-order valence-corrected chi connectivity index (χ1v) is 7.55. The van der Waals surface area contributed by atoms with Crippen LogP contribution in [0.4, 0.5) is 10.1 Å². The minimum atomic E-state index is -0.471. The van der Waals surface area contributed by atoms with E-state index < -0.39 is 5.82 Å². The molecule has 5 nitrogen and oxygen atoms in total. The average Bonchev–Trinajstić information content (AvgIpc) is 3.06. The van der Waals surface area contributed by atoms with Gasteiger partial charge in [0.2, 0.25) is 11.7 Å². The Bertz CT molecular complexity index is 886. The Morgan fingerprint density at radius 2 is 2.00 bits per heavy atom. The van der Waals surface area contributed by atoms with Crippen LogP contribution in [0.1, 0.15) is 11.5 Å². The van der Waals surface area contributed by atoms with Crippen LogP contribution in [0.25, 0.3) is 11.4 Å². The maximum Gasteiger partial charge on any atom is 0.228 e. The van der Waals surface area contributed by atoms with Gasteiger partial charge in [0.25, 0.3) is 0 Å². The number of hydrogen-bond acceptors (Lipinski definition) is 5. The van der Waals surface area contributed by atoms with E-state index in [9.17, 15) is 4.39 Å². The van der Waals surface area contributed by atoms with E-state index in [1.807, 2.05) is 6.07 Å². The first-order chi connectivity index (χ1) is 11.7. The summed E-state index contributed by atoms with van der Waals surface area (Å²) in [7, 11) is 0. The van der Waals surface area contributed by atoms with Crippen LogP contribution in [0.15, 0.2) is 47.0 Å². The molecule has 0 spiro atoms. The van der Waals surface area contributed by atoms with Crippen molar-refractivity contribution in [1.29, 1.82) is 5.26 Å². The maximum atomic E-state index is 13.7. The molecule has 0 unspecified atom stereocenters.